The number of thiophene rings is 1. The summed E-state index contributed by atoms with van der Waals surface area (Å²) in [5, 5.41) is 4.14. The van der Waals surface area contributed by atoms with Gasteiger partial charge in [-0.15, -0.1) is 11.3 Å². The van der Waals surface area contributed by atoms with Gasteiger partial charge in [-0.3, -0.25) is 4.79 Å². The van der Waals surface area contributed by atoms with Crippen LogP contribution < -0.4 is 19.7 Å². The number of rotatable bonds is 4. The Morgan fingerprint density at radius 2 is 2.10 bits per heavy atom. The van der Waals surface area contributed by atoms with Gasteiger partial charge in [0, 0.05) is 29.7 Å². The van der Waals surface area contributed by atoms with Crippen molar-refractivity contribution in [3.05, 3.63) is 35.5 Å². The molecule has 0 spiro atoms. The molecule has 5 rings (SSSR count). The predicted molar refractivity (Wildman–Crippen MR) is 118 cm³/mol. The molecule has 1 saturated heterocycles. The van der Waals surface area contributed by atoms with Crippen LogP contribution in [0.5, 0.6) is 11.5 Å². The summed E-state index contributed by atoms with van der Waals surface area (Å²) >= 11 is 1.72. The Bertz CT molecular complexity index is 1080. The van der Waals surface area contributed by atoms with Crippen molar-refractivity contribution in [3.8, 4) is 11.5 Å². The molecule has 30 heavy (non-hydrogen) atoms. The van der Waals surface area contributed by atoms with E-state index in [1.165, 1.54) is 4.88 Å². The van der Waals surface area contributed by atoms with Crippen molar-refractivity contribution in [2.45, 2.75) is 26.2 Å². The van der Waals surface area contributed by atoms with E-state index < -0.39 is 0 Å². The quantitative estimate of drug-likeness (QED) is 0.685. The SMILES string of the molecule is CCc1cc2c(N3CCC[C@@H](C(=O)Nc4ccc5c(c4)OCCO5)C3)ncnc2s1. The van der Waals surface area contributed by atoms with Crippen molar-refractivity contribution >= 4 is 39.0 Å². The molecule has 1 amide bonds. The summed E-state index contributed by atoms with van der Waals surface area (Å²) < 4.78 is 11.2. The Morgan fingerprint density at radius 1 is 1.23 bits per heavy atom. The smallest absolute Gasteiger partial charge is 0.229 e. The Balaban J connectivity index is 1.32. The van der Waals surface area contributed by atoms with E-state index in [-0.39, 0.29) is 11.8 Å². The van der Waals surface area contributed by atoms with Gasteiger partial charge in [0.15, 0.2) is 11.5 Å². The molecule has 1 N–H and O–H groups in total. The van der Waals surface area contributed by atoms with Crippen LogP contribution in [0.3, 0.4) is 0 Å². The largest absolute Gasteiger partial charge is 0.486 e. The monoisotopic (exact) mass is 424 g/mol. The van der Waals surface area contributed by atoms with E-state index in [4.69, 9.17) is 9.47 Å². The number of aryl methyl sites for hydroxylation is 1. The molecule has 4 heterocycles. The van der Waals surface area contributed by atoms with Crippen LogP contribution in [0, 0.1) is 5.92 Å². The van der Waals surface area contributed by atoms with Gasteiger partial charge >= 0.3 is 0 Å². The van der Waals surface area contributed by atoms with Gasteiger partial charge in [-0.2, -0.15) is 0 Å². The predicted octanol–water partition coefficient (Wildman–Crippen LogP) is 3.88. The lowest BCUT2D eigenvalue weighted by atomic mass is 9.96. The number of nitrogens with one attached hydrogen (secondary N) is 1. The number of nitrogens with zero attached hydrogens (tertiary/aromatic N) is 3. The summed E-state index contributed by atoms with van der Waals surface area (Å²) in [6.45, 7) is 4.78. The third kappa shape index (κ3) is 3.67. The lowest BCUT2D eigenvalue weighted by Crippen LogP contribution is -2.41. The van der Waals surface area contributed by atoms with E-state index in [0.29, 0.717) is 25.5 Å². The van der Waals surface area contributed by atoms with Crippen molar-refractivity contribution in [2.24, 2.45) is 5.92 Å². The second kappa shape index (κ2) is 8.10. The standard InChI is InChI=1S/C22H24N4O3S/c1-2-16-11-17-20(23-13-24-22(17)30-16)26-7-3-4-14(12-26)21(27)25-15-5-6-18-19(10-15)29-9-8-28-18/h5-6,10-11,13-14H,2-4,7-9,12H2,1H3,(H,25,27)/t14-/m1/s1. The van der Waals surface area contributed by atoms with Crippen LogP contribution in [0.15, 0.2) is 30.6 Å². The average molecular weight is 425 g/mol. The third-order valence-corrected chi connectivity index (χ3v) is 6.80. The molecule has 2 aliphatic heterocycles. The number of anilines is 2. The summed E-state index contributed by atoms with van der Waals surface area (Å²) in [6, 6.07) is 7.72. The molecule has 0 unspecified atom stereocenters. The first kappa shape index (κ1) is 19.1. The van der Waals surface area contributed by atoms with Gasteiger partial charge in [0.1, 0.15) is 30.2 Å². The minimum atomic E-state index is -0.0961. The Kier molecular flexibility index (Phi) is 5.16. The maximum absolute atomic E-state index is 13.0. The van der Waals surface area contributed by atoms with Gasteiger partial charge in [0.25, 0.3) is 0 Å². The number of ether oxygens (including phenoxy) is 2. The van der Waals surface area contributed by atoms with Crippen LogP contribution >= 0.6 is 11.3 Å². The highest BCUT2D eigenvalue weighted by Gasteiger charge is 2.28. The molecule has 2 aliphatic rings. The van der Waals surface area contributed by atoms with Crippen LogP contribution in [-0.4, -0.2) is 42.2 Å². The molecule has 1 fully saturated rings. The zero-order valence-electron chi connectivity index (χ0n) is 16.9. The van der Waals surface area contributed by atoms with E-state index in [1.54, 1.807) is 17.7 Å². The highest BCUT2D eigenvalue weighted by molar-refractivity contribution is 7.18. The minimum Gasteiger partial charge on any atom is -0.486 e. The first-order valence-electron chi connectivity index (χ1n) is 10.4. The Hall–Kier alpha value is -2.87. The number of aromatic nitrogens is 2. The van der Waals surface area contributed by atoms with E-state index >= 15 is 0 Å². The molecule has 8 heteroatoms. The van der Waals surface area contributed by atoms with Gasteiger partial charge in [-0.1, -0.05) is 6.92 Å². The van der Waals surface area contributed by atoms with Crippen LogP contribution in [0.4, 0.5) is 11.5 Å². The van der Waals surface area contributed by atoms with Crippen LogP contribution in [-0.2, 0) is 11.2 Å². The maximum Gasteiger partial charge on any atom is 0.229 e. The van der Waals surface area contributed by atoms with Crippen molar-refractivity contribution in [3.63, 3.8) is 0 Å². The first-order valence-corrected chi connectivity index (χ1v) is 11.2. The topological polar surface area (TPSA) is 76.6 Å². The van der Waals surface area contributed by atoms with Crippen molar-refractivity contribution in [1.82, 2.24) is 9.97 Å². The van der Waals surface area contributed by atoms with Gasteiger partial charge in [-0.25, -0.2) is 9.97 Å². The molecule has 7 nitrogen and oxygen atoms in total. The molecule has 0 bridgehead atoms. The lowest BCUT2D eigenvalue weighted by Gasteiger charge is -2.33. The highest BCUT2D eigenvalue weighted by Crippen LogP contribution is 2.34. The average Bonchev–Trinajstić information content (AvgIpc) is 3.22. The molecule has 156 valence electrons. The fourth-order valence-electron chi connectivity index (χ4n) is 4.07. The van der Waals surface area contributed by atoms with Crippen LogP contribution in [0.1, 0.15) is 24.6 Å². The van der Waals surface area contributed by atoms with Crippen molar-refractivity contribution in [2.75, 3.05) is 36.5 Å². The zero-order chi connectivity index (χ0) is 20.5. The fourth-order valence-corrected chi connectivity index (χ4v) is 5.00. The van der Waals surface area contributed by atoms with Gasteiger partial charge in [0.2, 0.25) is 5.91 Å². The lowest BCUT2D eigenvalue weighted by molar-refractivity contribution is -0.120. The van der Waals surface area contributed by atoms with Crippen LogP contribution in [0.2, 0.25) is 0 Å². The van der Waals surface area contributed by atoms with Gasteiger partial charge < -0.3 is 19.7 Å². The summed E-state index contributed by atoms with van der Waals surface area (Å²) in [4.78, 5) is 26.5. The Morgan fingerprint density at radius 3 is 2.97 bits per heavy atom. The van der Waals surface area contributed by atoms with Crippen molar-refractivity contribution in [1.29, 1.82) is 0 Å². The molecule has 0 radical (unpaired) electrons. The molecule has 1 aromatic carbocycles. The van der Waals surface area contributed by atoms with Gasteiger partial charge in [0.05, 0.1) is 11.3 Å². The first-order chi connectivity index (χ1) is 14.7. The number of carbonyl (C=O) groups is 1. The molecular weight excluding hydrogens is 400 g/mol. The van der Waals surface area contributed by atoms with Crippen molar-refractivity contribution < 1.29 is 14.3 Å². The number of hydrogen-bond acceptors (Lipinski definition) is 7. The molecule has 3 aromatic rings. The molecule has 0 saturated carbocycles. The molecule has 1 atom stereocenters. The molecule has 2 aromatic heterocycles. The number of hydrogen-bond donors (Lipinski definition) is 1. The maximum atomic E-state index is 13.0. The Labute approximate surface area is 179 Å². The summed E-state index contributed by atoms with van der Waals surface area (Å²) in [5.74, 6) is 2.27. The number of piperidine rings is 1. The van der Waals surface area contributed by atoms with E-state index in [2.05, 4.69) is 33.2 Å². The molecule has 0 aliphatic carbocycles. The van der Waals surface area contributed by atoms with Crippen LogP contribution in [0.25, 0.3) is 10.2 Å². The highest BCUT2D eigenvalue weighted by atomic mass is 32.1. The van der Waals surface area contributed by atoms with E-state index in [1.807, 2.05) is 18.2 Å². The third-order valence-electron chi connectivity index (χ3n) is 5.61. The number of benzene rings is 1. The van der Waals surface area contributed by atoms with E-state index in [9.17, 15) is 4.79 Å². The normalized spacial score (nSPS) is 18.4. The zero-order valence-corrected chi connectivity index (χ0v) is 17.7. The minimum absolute atomic E-state index is 0.0289. The summed E-state index contributed by atoms with van der Waals surface area (Å²) in [7, 11) is 0. The number of fused-ring (bicyclic) bond motifs is 2. The second-order valence-electron chi connectivity index (χ2n) is 7.62. The number of carbonyl (C=O) groups excluding carboxylic acids is 1. The summed E-state index contributed by atoms with van der Waals surface area (Å²) in [5.41, 5.74) is 0.733. The molecular formula is C22H24N4O3S. The van der Waals surface area contributed by atoms with E-state index in [0.717, 1.165) is 53.3 Å². The summed E-state index contributed by atoms with van der Waals surface area (Å²) in [6.07, 6.45) is 4.44. The fraction of sp³-hybridized carbons (Fsp3) is 0.409. The number of amides is 1. The van der Waals surface area contributed by atoms with Gasteiger partial charge in [-0.05, 0) is 37.5 Å². The second-order valence-corrected chi connectivity index (χ2v) is 8.73.